The second-order valence-electron chi connectivity index (χ2n) is 8.34. The van der Waals surface area contributed by atoms with Gasteiger partial charge in [-0.05, 0) is 84.9 Å². The number of amides is 2. The minimum absolute atomic E-state index is 0.133. The van der Waals surface area contributed by atoms with Crippen LogP contribution in [0.5, 0.6) is 11.5 Å². The number of nitrogens with zero attached hydrogens (tertiary/aromatic N) is 2. The molecule has 1 aliphatic heterocycles. The molecule has 0 saturated carbocycles. The quantitative estimate of drug-likeness (QED) is 0.381. The van der Waals surface area contributed by atoms with Gasteiger partial charge in [0, 0.05) is 17.3 Å². The lowest BCUT2D eigenvalue weighted by Crippen LogP contribution is -2.39. The SMILES string of the molecule is COc1ccc(CCN2C(=S)N(c3ccc(Cl)cc3)C(=O)C2CC(=O)Nc2ccc(F)cc2)cc1OC. The van der Waals surface area contributed by atoms with Crippen LogP contribution in [0, 0.1) is 5.82 Å². The number of thiocarbonyl (C=S) groups is 1. The van der Waals surface area contributed by atoms with E-state index in [1.807, 2.05) is 18.2 Å². The number of hydrogen-bond donors (Lipinski definition) is 1. The van der Waals surface area contributed by atoms with Gasteiger partial charge in [-0.2, -0.15) is 0 Å². The Morgan fingerprint density at radius 2 is 1.70 bits per heavy atom. The van der Waals surface area contributed by atoms with Gasteiger partial charge >= 0.3 is 0 Å². The summed E-state index contributed by atoms with van der Waals surface area (Å²) in [5.41, 5.74) is 1.95. The Labute approximate surface area is 224 Å². The molecule has 1 N–H and O–H groups in total. The third-order valence-electron chi connectivity index (χ3n) is 6.00. The van der Waals surface area contributed by atoms with Crippen LogP contribution < -0.4 is 19.7 Å². The van der Waals surface area contributed by atoms with E-state index in [1.165, 1.54) is 29.2 Å². The first-order valence-corrected chi connectivity index (χ1v) is 12.3. The van der Waals surface area contributed by atoms with Gasteiger partial charge in [0.1, 0.15) is 11.9 Å². The van der Waals surface area contributed by atoms with Crippen LogP contribution in [0.4, 0.5) is 15.8 Å². The number of nitrogens with one attached hydrogen (secondary N) is 1. The summed E-state index contributed by atoms with van der Waals surface area (Å²) >= 11 is 11.7. The van der Waals surface area contributed by atoms with Crippen molar-refractivity contribution in [3.8, 4) is 11.5 Å². The van der Waals surface area contributed by atoms with Crippen LogP contribution >= 0.6 is 23.8 Å². The summed E-state index contributed by atoms with van der Waals surface area (Å²) in [7, 11) is 3.13. The summed E-state index contributed by atoms with van der Waals surface area (Å²) in [5, 5.41) is 3.55. The van der Waals surface area contributed by atoms with E-state index in [-0.39, 0.29) is 18.2 Å². The number of ether oxygens (including phenoxy) is 2. The zero-order valence-corrected chi connectivity index (χ0v) is 21.8. The Morgan fingerprint density at radius 1 is 1.03 bits per heavy atom. The average molecular weight is 542 g/mol. The van der Waals surface area contributed by atoms with E-state index in [0.29, 0.717) is 46.0 Å². The van der Waals surface area contributed by atoms with Gasteiger partial charge in [0.15, 0.2) is 16.6 Å². The van der Waals surface area contributed by atoms with Gasteiger partial charge in [-0.25, -0.2) is 4.39 Å². The van der Waals surface area contributed by atoms with Crippen LogP contribution in [-0.4, -0.2) is 48.6 Å². The topological polar surface area (TPSA) is 71.1 Å². The van der Waals surface area contributed by atoms with Crippen molar-refractivity contribution >= 4 is 52.1 Å². The van der Waals surface area contributed by atoms with E-state index in [2.05, 4.69) is 5.32 Å². The molecule has 37 heavy (non-hydrogen) atoms. The number of hydrogen-bond acceptors (Lipinski definition) is 5. The van der Waals surface area contributed by atoms with Gasteiger partial charge in [0.05, 0.1) is 26.3 Å². The summed E-state index contributed by atoms with van der Waals surface area (Å²) in [6, 6.07) is 17.0. The van der Waals surface area contributed by atoms with E-state index < -0.39 is 11.9 Å². The van der Waals surface area contributed by atoms with Crippen molar-refractivity contribution in [1.29, 1.82) is 0 Å². The van der Waals surface area contributed by atoms with Crippen molar-refractivity contribution in [2.45, 2.75) is 18.9 Å². The van der Waals surface area contributed by atoms with Gasteiger partial charge in [0.25, 0.3) is 5.91 Å². The number of carbonyl (C=O) groups excluding carboxylic acids is 2. The lowest BCUT2D eigenvalue weighted by atomic mass is 10.1. The largest absolute Gasteiger partial charge is 0.493 e. The molecule has 2 amide bonds. The van der Waals surface area contributed by atoms with E-state index in [1.54, 1.807) is 43.4 Å². The van der Waals surface area contributed by atoms with Crippen molar-refractivity contribution in [3.63, 3.8) is 0 Å². The van der Waals surface area contributed by atoms with E-state index >= 15 is 0 Å². The second-order valence-corrected chi connectivity index (χ2v) is 9.14. The van der Waals surface area contributed by atoms with E-state index in [9.17, 15) is 14.0 Å². The van der Waals surface area contributed by atoms with E-state index in [4.69, 9.17) is 33.3 Å². The Bertz CT molecular complexity index is 1300. The maximum absolute atomic E-state index is 13.5. The second kappa shape index (κ2) is 11.6. The number of halogens is 2. The third kappa shape index (κ3) is 6.00. The van der Waals surface area contributed by atoms with Gasteiger partial charge in [-0.3, -0.25) is 14.5 Å². The Hall–Kier alpha value is -3.69. The molecule has 4 rings (SSSR count). The number of rotatable bonds is 9. The predicted octanol–water partition coefficient (Wildman–Crippen LogP) is 5.07. The lowest BCUT2D eigenvalue weighted by molar-refractivity contribution is -0.124. The monoisotopic (exact) mass is 541 g/mol. The highest BCUT2D eigenvalue weighted by Crippen LogP contribution is 2.30. The molecule has 3 aromatic carbocycles. The standard InChI is InChI=1S/C27H25ClFN3O4S/c1-35-23-12-3-17(15-24(23)36-2)13-14-31-22(16-25(33)30-20-8-6-19(29)7-9-20)26(34)32(27(31)37)21-10-4-18(28)5-11-21/h3-12,15,22H,13-14,16H2,1-2H3,(H,30,33). The number of benzene rings is 3. The molecule has 10 heteroatoms. The molecule has 0 aromatic heterocycles. The molecule has 1 saturated heterocycles. The lowest BCUT2D eigenvalue weighted by Gasteiger charge is -2.24. The molecule has 0 radical (unpaired) electrons. The fourth-order valence-corrected chi connectivity index (χ4v) is 4.66. The first kappa shape index (κ1) is 26.4. The van der Waals surface area contributed by atoms with Gasteiger partial charge in [-0.1, -0.05) is 17.7 Å². The van der Waals surface area contributed by atoms with Crippen LogP contribution in [0.2, 0.25) is 5.02 Å². The third-order valence-corrected chi connectivity index (χ3v) is 6.67. The molecular formula is C27H25ClFN3O4S. The highest BCUT2D eigenvalue weighted by atomic mass is 35.5. The zero-order valence-electron chi connectivity index (χ0n) is 20.2. The molecular weight excluding hydrogens is 517 g/mol. The fourth-order valence-electron chi connectivity index (χ4n) is 4.12. The zero-order chi connectivity index (χ0) is 26.5. The summed E-state index contributed by atoms with van der Waals surface area (Å²) in [5.74, 6) is 0.102. The molecule has 1 heterocycles. The fraction of sp³-hybridized carbons (Fsp3) is 0.222. The first-order chi connectivity index (χ1) is 17.8. The molecule has 3 aromatic rings. The maximum atomic E-state index is 13.5. The number of anilines is 2. The van der Waals surface area contributed by atoms with Crippen molar-refractivity contribution in [1.82, 2.24) is 4.90 Å². The molecule has 192 valence electrons. The van der Waals surface area contributed by atoms with Crippen molar-refractivity contribution in [2.24, 2.45) is 0 Å². The molecule has 0 aliphatic carbocycles. The maximum Gasteiger partial charge on any atom is 0.256 e. The highest BCUT2D eigenvalue weighted by Gasteiger charge is 2.43. The molecule has 1 fully saturated rings. The molecule has 7 nitrogen and oxygen atoms in total. The Kier molecular flexibility index (Phi) is 8.25. The number of methoxy groups -OCH3 is 2. The minimum atomic E-state index is -0.816. The molecule has 1 atom stereocenters. The molecule has 0 spiro atoms. The molecule has 0 bridgehead atoms. The smallest absolute Gasteiger partial charge is 0.256 e. The Morgan fingerprint density at radius 3 is 2.35 bits per heavy atom. The van der Waals surface area contributed by atoms with E-state index in [0.717, 1.165) is 5.56 Å². The van der Waals surface area contributed by atoms with Crippen LogP contribution in [0.3, 0.4) is 0 Å². The van der Waals surface area contributed by atoms with Gasteiger partial charge < -0.3 is 19.7 Å². The summed E-state index contributed by atoms with van der Waals surface area (Å²) in [6.07, 6.45) is 0.407. The minimum Gasteiger partial charge on any atom is -0.493 e. The first-order valence-electron chi connectivity index (χ1n) is 11.5. The van der Waals surface area contributed by atoms with Crippen LogP contribution in [0.25, 0.3) is 0 Å². The summed E-state index contributed by atoms with van der Waals surface area (Å²) in [6.45, 7) is 0.388. The predicted molar refractivity (Wildman–Crippen MR) is 145 cm³/mol. The van der Waals surface area contributed by atoms with Crippen molar-refractivity contribution < 1.29 is 23.5 Å². The molecule has 1 aliphatic rings. The Balaban J connectivity index is 1.56. The summed E-state index contributed by atoms with van der Waals surface area (Å²) in [4.78, 5) is 29.6. The van der Waals surface area contributed by atoms with Crippen LogP contribution in [0.15, 0.2) is 66.7 Å². The van der Waals surface area contributed by atoms with Crippen LogP contribution in [-0.2, 0) is 16.0 Å². The highest BCUT2D eigenvalue weighted by molar-refractivity contribution is 7.80. The summed E-state index contributed by atoms with van der Waals surface area (Å²) < 4.78 is 23.9. The van der Waals surface area contributed by atoms with Gasteiger partial charge in [-0.15, -0.1) is 0 Å². The molecule has 1 unspecified atom stereocenters. The van der Waals surface area contributed by atoms with Crippen molar-refractivity contribution in [2.75, 3.05) is 31.0 Å². The van der Waals surface area contributed by atoms with Gasteiger partial charge in [0.2, 0.25) is 5.91 Å². The average Bonchev–Trinajstić information content (AvgIpc) is 3.12. The normalized spacial score (nSPS) is 15.2. The van der Waals surface area contributed by atoms with Crippen molar-refractivity contribution in [3.05, 3.63) is 83.1 Å². The van der Waals surface area contributed by atoms with Crippen LogP contribution in [0.1, 0.15) is 12.0 Å². The number of carbonyl (C=O) groups is 2.